The second kappa shape index (κ2) is 8.57. The van der Waals surface area contributed by atoms with Crippen LogP contribution in [0.5, 0.6) is 0 Å². The quantitative estimate of drug-likeness (QED) is 0.506. The number of hydrogen-bond acceptors (Lipinski definition) is 4. The third-order valence-corrected chi connectivity index (χ3v) is 4.04. The van der Waals surface area contributed by atoms with Gasteiger partial charge in [0.2, 0.25) is 0 Å². The molecule has 0 atom stereocenters. The lowest BCUT2D eigenvalue weighted by molar-refractivity contribution is 0.101. The minimum atomic E-state index is 0.0794. The SMILES string of the molecule is CCCCCCCCN1C=CN(c2cc(C(C)=O)ccn2)C1. The van der Waals surface area contributed by atoms with E-state index < -0.39 is 0 Å². The molecule has 0 spiro atoms. The predicted molar refractivity (Wildman–Crippen MR) is 90.8 cm³/mol. The number of Topliss-reactive ketones (excluding diaryl/α,β-unsaturated/α-hetero) is 1. The van der Waals surface area contributed by atoms with Crippen LogP contribution in [-0.4, -0.2) is 28.9 Å². The van der Waals surface area contributed by atoms with E-state index in [9.17, 15) is 4.79 Å². The van der Waals surface area contributed by atoms with Gasteiger partial charge in [-0.1, -0.05) is 39.0 Å². The van der Waals surface area contributed by atoms with Crippen molar-refractivity contribution in [2.24, 2.45) is 0 Å². The molecule has 0 saturated carbocycles. The molecule has 0 radical (unpaired) electrons. The number of unbranched alkanes of at least 4 members (excludes halogenated alkanes) is 5. The van der Waals surface area contributed by atoms with Crippen LogP contribution in [0.25, 0.3) is 0 Å². The highest BCUT2D eigenvalue weighted by Crippen LogP contribution is 2.18. The summed E-state index contributed by atoms with van der Waals surface area (Å²) in [5.74, 6) is 0.921. The van der Waals surface area contributed by atoms with E-state index >= 15 is 0 Å². The molecule has 120 valence electrons. The number of aromatic nitrogens is 1. The molecule has 22 heavy (non-hydrogen) atoms. The first-order valence-electron chi connectivity index (χ1n) is 8.36. The summed E-state index contributed by atoms with van der Waals surface area (Å²) in [7, 11) is 0. The summed E-state index contributed by atoms with van der Waals surface area (Å²) in [5.41, 5.74) is 0.716. The molecule has 0 aromatic carbocycles. The van der Waals surface area contributed by atoms with Crippen molar-refractivity contribution in [3.8, 4) is 0 Å². The minimum absolute atomic E-state index is 0.0794. The summed E-state index contributed by atoms with van der Waals surface area (Å²) in [5, 5.41) is 0. The third kappa shape index (κ3) is 4.86. The second-order valence-electron chi connectivity index (χ2n) is 5.95. The lowest BCUT2D eigenvalue weighted by Crippen LogP contribution is -2.26. The normalized spacial score (nSPS) is 13.9. The molecule has 2 heterocycles. The van der Waals surface area contributed by atoms with E-state index in [2.05, 4.69) is 27.9 Å². The molecule has 0 aliphatic carbocycles. The first-order valence-corrected chi connectivity index (χ1v) is 8.36. The van der Waals surface area contributed by atoms with Crippen molar-refractivity contribution in [1.82, 2.24) is 9.88 Å². The van der Waals surface area contributed by atoms with E-state index in [4.69, 9.17) is 0 Å². The van der Waals surface area contributed by atoms with Crippen molar-refractivity contribution in [3.63, 3.8) is 0 Å². The van der Waals surface area contributed by atoms with Crippen LogP contribution in [0.1, 0.15) is 62.7 Å². The van der Waals surface area contributed by atoms with Gasteiger partial charge in [0.15, 0.2) is 5.78 Å². The third-order valence-electron chi connectivity index (χ3n) is 4.04. The summed E-state index contributed by atoms with van der Waals surface area (Å²) in [4.78, 5) is 20.2. The molecule has 4 nitrogen and oxygen atoms in total. The highest BCUT2D eigenvalue weighted by atomic mass is 16.1. The molecular formula is C18H27N3O. The number of hydrogen-bond donors (Lipinski definition) is 0. The van der Waals surface area contributed by atoms with Gasteiger partial charge in [0, 0.05) is 30.7 Å². The Morgan fingerprint density at radius 3 is 2.73 bits per heavy atom. The fourth-order valence-corrected chi connectivity index (χ4v) is 2.65. The maximum Gasteiger partial charge on any atom is 0.159 e. The molecule has 0 bridgehead atoms. The van der Waals surface area contributed by atoms with E-state index in [1.54, 1.807) is 19.2 Å². The van der Waals surface area contributed by atoms with Gasteiger partial charge in [-0.25, -0.2) is 4.98 Å². The molecule has 1 aliphatic heterocycles. The Labute approximate surface area is 133 Å². The van der Waals surface area contributed by atoms with Gasteiger partial charge < -0.3 is 9.80 Å². The molecule has 0 fully saturated rings. The highest BCUT2D eigenvalue weighted by Gasteiger charge is 2.15. The summed E-state index contributed by atoms with van der Waals surface area (Å²) < 4.78 is 0. The van der Waals surface area contributed by atoms with Gasteiger partial charge in [-0.05, 0) is 25.5 Å². The maximum absolute atomic E-state index is 11.5. The molecule has 0 saturated heterocycles. The van der Waals surface area contributed by atoms with Crippen molar-refractivity contribution < 1.29 is 4.79 Å². The van der Waals surface area contributed by atoms with Crippen LogP contribution in [0.15, 0.2) is 30.7 Å². The Bertz CT molecular complexity index is 513. The van der Waals surface area contributed by atoms with Gasteiger partial charge in [-0.3, -0.25) is 4.79 Å². The molecule has 4 heteroatoms. The highest BCUT2D eigenvalue weighted by molar-refractivity contribution is 5.94. The van der Waals surface area contributed by atoms with Crippen molar-refractivity contribution in [1.29, 1.82) is 0 Å². The zero-order chi connectivity index (χ0) is 15.8. The number of ketones is 1. The van der Waals surface area contributed by atoms with Crippen molar-refractivity contribution in [2.45, 2.75) is 52.4 Å². The van der Waals surface area contributed by atoms with E-state index in [-0.39, 0.29) is 5.78 Å². The first kappa shape index (κ1) is 16.5. The fourth-order valence-electron chi connectivity index (χ4n) is 2.65. The van der Waals surface area contributed by atoms with Gasteiger partial charge in [-0.2, -0.15) is 0 Å². The molecule has 1 aromatic heterocycles. The van der Waals surface area contributed by atoms with E-state index in [1.807, 2.05) is 12.3 Å². The van der Waals surface area contributed by atoms with Gasteiger partial charge in [0.05, 0.1) is 6.67 Å². The van der Waals surface area contributed by atoms with E-state index in [1.165, 1.54) is 38.5 Å². The fraction of sp³-hybridized carbons (Fsp3) is 0.556. The van der Waals surface area contributed by atoms with Gasteiger partial charge in [0.1, 0.15) is 5.82 Å². The lowest BCUT2D eigenvalue weighted by atomic mass is 10.1. The van der Waals surface area contributed by atoms with Crippen molar-refractivity contribution >= 4 is 11.6 Å². The van der Waals surface area contributed by atoms with Gasteiger partial charge in [0.25, 0.3) is 0 Å². The lowest BCUT2D eigenvalue weighted by Gasteiger charge is -2.20. The topological polar surface area (TPSA) is 36.4 Å². The van der Waals surface area contributed by atoms with Gasteiger partial charge in [-0.15, -0.1) is 0 Å². The van der Waals surface area contributed by atoms with E-state index in [0.717, 1.165) is 19.0 Å². The average molecular weight is 301 g/mol. The smallest absolute Gasteiger partial charge is 0.159 e. The molecule has 1 aliphatic rings. The number of rotatable bonds is 9. The van der Waals surface area contributed by atoms with E-state index in [0.29, 0.717) is 5.56 Å². The number of nitrogens with zero attached hydrogens (tertiary/aromatic N) is 3. The monoisotopic (exact) mass is 301 g/mol. The minimum Gasteiger partial charge on any atom is -0.358 e. The Hall–Kier alpha value is -1.84. The zero-order valence-corrected chi connectivity index (χ0v) is 13.8. The number of carbonyl (C=O) groups is 1. The molecular weight excluding hydrogens is 274 g/mol. The first-order chi connectivity index (χ1) is 10.7. The molecule has 1 aromatic rings. The van der Waals surface area contributed by atoms with Crippen LogP contribution >= 0.6 is 0 Å². The molecule has 2 rings (SSSR count). The molecule has 0 amide bonds. The van der Waals surface area contributed by atoms with Crippen LogP contribution < -0.4 is 4.90 Å². The number of carbonyl (C=O) groups excluding carboxylic acids is 1. The number of pyridine rings is 1. The summed E-state index contributed by atoms with van der Waals surface area (Å²) in [6.07, 6.45) is 13.8. The Kier molecular flexibility index (Phi) is 6.44. The average Bonchev–Trinajstić information content (AvgIpc) is 3.00. The van der Waals surface area contributed by atoms with Crippen LogP contribution in [0, 0.1) is 0 Å². The molecule has 0 unspecified atom stereocenters. The summed E-state index contributed by atoms with van der Waals surface area (Å²) in [6, 6.07) is 3.63. The Morgan fingerprint density at radius 1 is 1.18 bits per heavy atom. The second-order valence-corrected chi connectivity index (χ2v) is 5.95. The van der Waals surface area contributed by atoms with Crippen LogP contribution in [0.2, 0.25) is 0 Å². The standard InChI is InChI=1S/C18H27N3O/c1-3-4-5-6-7-8-11-20-12-13-21(15-20)18-14-17(16(2)22)9-10-19-18/h9-10,12-14H,3-8,11,15H2,1-2H3. The van der Waals surface area contributed by atoms with Crippen LogP contribution in [0.4, 0.5) is 5.82 Å². The summed E-state index contributed by atoms with van der Waals surface area (Å²) in [6.45, 7) is 5.75. The Balaban J connectivity index is 1.75. The predicted octanol–water partition coefficient (Wildman–Crippen LogP) is 4.20. The van der Waals surface area contributed by atoms with Crippen LogP contribution in [0.3, 0.4) is 0 Å². The maximum atomic E-state index is 11.5. The van der Waals surface area contributed by atoms with Crippen LogP contribution in [-0.2, 0) is 0 Å². The summed E-state index contributed by atoms with van der Waals surface area (Å²) >= 11 is 0. The van der Waals surface area contributed by atoms with Crippen molar-refractivity contribution in [3.05, 3.63) is 36.3 Å². The van der Waals surface area contributed by atoms with Gasteiger partial charge >= 0.3 is 0 Å². The Morgan fingerprint density at radius 2 is 1.95 bits per heavy atom. The number of anilines is 1. The zero-order valence-electron chi connectivity index (χ0n) is 13.8. The largest absolute Gasteiger partial charge is 0.358 e. The molecule has 0 N–H and O–H groups in total. The van der Waals surface area contributed by atoms with Crippen molar-refractivity contribution in [2.75, 3.05) is 18.1 Å².